The molecule has 182 valence electrons. The number of rotatable bonds is 7. The van der Waals surface area contributed by atoms with Crippen LogP contribution >= 0.6 is 0 Å². The Balaban J connectivity index is 1.84. The highest BCUT2D eigenvalue weighted by Gasteiger charge is 2.40. The molecule has 12 heteroatoms. The number of fused-ring (bicyclic) bond motifs is 1. The first kappa shape index (κ1) is 25.0. The van der Waals surface area contributed by atoms with Crippen molar-refractivity contribution in [1.29, 1.82) is 0 Å². The first-order chi connectivity index (χ1) is 16.0. The maximum atomic E-state index is 13.1. The van der Waals surface area contributed by atoms with Gasteiger partial charge in [0.15, 0.2) is 11.5 Å². The van der Waals surface area contributed by atoms with E-state index in [1.54, 1.807) is 12.1 Å². The van der Waals surface area contributed by atoms with Gasteiger partial charge in [0.1, 0.15) is 5.60 Å². The molecule has 0 unspecified atom stereocenters. The summed E-state index contributed by atoms with van der Waals surface area (Å²) in [6.45, 7) is 4.95. The van der Waals surface area contributed by atoms with Crippen molar-refractivity contribution in [2.45, 2.75) is 32.8 Å². The number of ether oxygens (including phenoxy) is 2. The third-order valence-corrected chi connectivity index (χ3v) is 6.25. The molecule has 1 heterocycles. The Labute approximate surface area is 197 Å². The van der Waals surface area contributed by atoms with Gasteiger partial charge in [-0.25, -0.2) is 14.5 Å². The minimum absolute atomic E-state index is 0.0225. The molecule has 1 aliphatic rings. The molecule has 0 spiro atoms. The van der Waals surface area contributed by atoms with Crippen LogP contribution in [0.3, 0.4) is 0 Å². The monoisotopic (exact) mass is 491 g/mol. The molecule has 0 bridgehead atoms. The Morgan fingerprint density at radius 1 is 1.12 bits per heavy atom. The summed E-state index contributed by atoms with van der Waals surface area (Å²) in [4.78, 5) is 42.8. The van der Waals surface area contributed by atoms with E-state index in [9.17, 15) is 22.8 Å². The fraction of sp³-hybridized carbons (Fsp3) is 0.318. The van der Waals surface area contributed by atoms with Crippen LogP contribution in [0.1, 0.15) is 26.3 Å². The van der Waals surface area contributed by atoms with Gasteiger partial charge >= 0.3 is 22.3 Å². The molecule has 0 atom stereocenters. The van der Waals surface area contributed by atoms with Gasteiger partial charge in [-0.05, 0) is 39.0 Å². The summed E-state index contributed by atoms with van der Waals surface area (Å²) >= 11 is 0. The van der Waals surface area contributed by atoms with E-state index < -0.39 is 27.9 Å². The Kier molecular flexibility index (Phi) is 7.12. The summed E-state index contributed by atoms with van der Waals surface area (Å²) in [7, 11) is -3.83. The first-order valence-electron chi connectivity index (χ1n) is 10.3. The standard InChI is InChI=1S/C22H25N3O8S/c1-5-31-25(34(29,30)24(15-26)17-11-7-6-8-12-17)20(27)23(4)21(28)32-18-13-9-10-16-14-22(2,3)33-19(16)18/h6-13,15H,5,14H2,1-4H3. The zero-order valence-electron chi connectivity index (χ0n) is 19.1. The molecule has 0 N–H and O–H groups in total. The van der Waals surface area contributed by atoms with Gasteiger partial charge in [-0.3, -0.25) is 9.63 Å². The molecular formula is C22H25N3O8S. The summed E-state index contributed by atoms with van der Waals surface area (Å²) in [5, 5.41) is 0. The predicted octanol–water partition coefficient (Wildman–Crippen LogP) is 3.11. The van der Waals surface area contributed by atoms with Crippen LogP contribution in [0.5, 0.6) is 11.5 Å². The van der Waals surface area contributed by atoms with Crippen LogP contribution in [0, 0.1) is 0 Å². The van der Waals surface area contributed by atoms with Crippen LogP contribution in [0.4, 0.5) is 15.3 Å². The zero-order valence-corrected chi connectivity index (χ0v) is 19.9. The van der Waals surface area contributed by atoms with Crippen LogP contribution < -0.4 is 13.8 Å². The number of urea groups is 1. The van der Waals surface area contributed by atoms with Crippen molar-refractivity contribution in [2.24, 2.45) is 0 Å². The fourth-order valence-electron chi connectivity index (χ4n) is 3.27. The third kappa shape index (κ3) is 4.97. The number of hydroxylamine groups is 1. The lowest BCUT2D eigenvalue weighted by atomic mass is 10.0. The smallest absolute Gasteiger partial charge is 0.423 e. The Morgan fingerprint density at radius 3 is 2.41 bits per heavy atom. The van der Waals surface area contributed by atoms with Crippen molar-refractivity contribution < 1.29 is 37.1 Å². The van der Waals surface area contributed by atoms with Crippen LogP contribution in [0.25, 0.3) is 0 Å². The van der Waals surface area contributed by atoms with Gasteiger partial charge in [-0.15, -0.1) is 0 Å². The quantitative estimate of drug-likeness (QED) is 0.428. The number of carbonyl (C=O) groups excluding carboxylic acids is 3. The molecule has 0 aliphatic carbocycles. The van der Waals surface area contributed by atoms with Gasteiger partial charge < -0.3 is 9.47 Å². The molecule has 2 aromatic carbocycles. The molecule has 0 fully saturated rings. The minimum Gasteiger partial charge on any atom is -0.483 e. The predicted molar refractivity (Wildman–Crippen MR) is 121 cm³/mol. The number of amides is 4. The molecule has 4 amide bonds. The largest absolute Gasteiger partial charge is 0.483 e. The van der Waals surface area contributed by atoms with E-state index in [1.165, 1.54) is 37.3 Å². The maximum Gasteiger partial charge on any atom is 0.423 e. The number of anilines is 1. The topological polar surface area (TPSA) is 123 Å². The van der Waals surface area contributed by atoms with Crippen molar-refractivity contribution in [2.75, 3.05) is 18.0 Å². The van der Waals surface area contributed by atoms with Gasteiger partial charge in [0.2, 0.25) is 6.41 Å². The second-order valence-electron chi connectivity index (χ2n) is 7.88. The second kappa shape index (κ2) is 9.69. The molecule has 34 heavy (non-hydrogen) atoms. The number of para-hydroxylation sites is 2. The van der Waals surface area contributed by atoms with Gasteiger partial charge in [0.05, 0.1) is 12.3 Å². The van der Waals surface area contributed by atoms with Gasteiger partial charge in [-0.2, -0.15) is 12.7 Å². The van der Waals surface area contributed by atoms with E-state index in [-0.39, 0.29) is 28.9 Å². The van der Waals surface area contributed by atoms with Crippen molar-refractivity contribution in [1.82, 2.24) is 9.37 Å². The molecule has 1 aliphatic heterocycles. The number of hydrogen-bond acceptors (Lipinski definition) is 8. The molecule has 0 radical (unpaired) electrons. The highest BCUT2D eigenvalue weighted by Crippen LogP contribution is 2.41. The highest BCUT2D eigenvalue weighted by atomic mass is 32.2. The molecular weight excluding hydrogens is 466 g/mol. The summed E-state index contributed by atoms with van der Waals surface area (Å²) in [6, 6.07) is 11.0. The summed E-state index contributed by atoms with van der Waals surface area (Å²) in [6.07, 6.45) is -0.557. The SMILES string of the molecule is CCON(C(=O)N(C)C(=O)Oc1cccc2c1OC(C)(C)C2)S(=O)(=O)N(C=O)c1ccccc1. The van der Waals surface area contributed by atoms with Crippen molar-refractivity contribution in [3.05, 3.63) is 54.1 Å². The molecule has 0 aromatic heterocycles. The number of imide groups is 1. The van der Waals surface area contributed by atoms with Crippen LogP contribution in [-0.4, -0.2) is 55.6 Å². The summed E-state index contributed by atoms with van der Waals surface area (Å²) < 4.78 is 37.6. The first-order valence-corrected chi connectivity index (χ1v) is 11.7. The van der Waals surface area contributed by atoms with Crippen LogP contribution in [0.15, 0.2) is 48.5 Å². The van der Waals surface area contributed by atoms with Crippen LogP contribution in [-0.2, 0) is 26.3 Å². The van der Waals surface area contributed by atoms with Crippen molar-refractivity contribution in [3.63, 3.8) is 0 Å². The zero-order chi connectivity index (χ0) is 25.1. The second-order valence-corrected chi connectivity index (χ2v) is 9.50. The van der Waals surface area contributed by atoms with Crippen molar-refractivity contribution in [3.8, 4) is 11.5 Å². The maximum absolute atomic E-state index is 13.1. The Hall–Kier alpha value is -3.64. The molecule has 0 saturated carbocycles. The molecule has 11 nitrogen and oxygen atoms in total. The number of nitrogens with zero attached hydrogens (tertiary/aromatic N) is 3. The van der Waals surface area contributed by atoms with Crippen LogP contribution in [0.2, 0.25) is 0 Å². The lowest BCUT2D eigenvalue weighted by Crippen LogP contribution is -2.52. The average molecular weight is 492 g/mol. The highest BCUT2D eigenvalue weighted by molar-refractivity contribution is 7.91. The van der Waals surface area contributed by atoms with E-state index in [4.69, 9.17) is 14.3 Å². The van der Waals surface area contributed by atoms with E-state index in [0.29, 0.717) is 21.4 Å². The fourth-order valence-corrected chi connectivity index (χ4v) is 4.49. The summed E-state index contributed by atoms with van der Waals surface area (Å²) in [5.74, 6) is 0.449. The molecule has 0 saturated heterocycles. The lowest BCUT2D eigenvalue weighted by Gasteiger charge is -2.28. The molecule has 2 aromatic rings. The Bertz CT molecular complexity index is 1180. The number of hydrogen-bond donors (Lipinski definition) is 0. The van der Waals surface area contributed by atoms with E-state index >= 15 is 0 Å². The van der Waals surface area contributed by atoms with E-state index in [0.717, 1.165) is 12.6 Å². The van der Waals surface area contributed by atoms with Crippen molar-refractivity contribution >= 4 is 34.4 Å². The minimum atomic E-state index is -4.85. The lowest BCUT2D eigenvalue weighted by molar-refractivity contribution is -0.106. The number of carbonyl (C=O) groups is 3. The number of benzene rings is 2. The average Bonchev–Trinajstić information content (AvgIpc) is 3.12. The van der Waals surface area contributed by atoms with E-state index in [2.05, 4.69) is 0 Å². The van der Waals surface area contributed by atoms with E-state index in [1.807, 2.05) is 19.9 Å². The normalized spacial score (nSPS) is 13.9. The Morgan fingerprint density at radius 2 is 1.79 bits per heavy atom. The van der Waals surface area contributed by atoms with Gasteiger partial charge in [-0.1, -0.05) is 34.8 Å². The van der Waals surface area contributed by atoms with Gasteiger partial charge in [0.25, 0.3) is 0 Å². The summed E-state index contributed by atoms with van der Waals surface area (Å²) in [5.41, 5.74) is 0.300. The third-order valence-electron chi connectivity index (χ3n) is 4.78. The molecule has 3 rings (SSSR count). The van der Waals surface area contributed by atoms with Gasteiger partial charge in [0, 0.05) is 19.0 Å².